The van der Waals surface area contributed by atoms with Crippen LogP contribution < -0.4 is 0 Å². The fourth-order valence-corrected chi connectivity index (χ4v) is 2.85. The lowest BCUT2D eigenvalue weighted by Crippen LogP contribution is -2.38. The van der Waals surface area contributed by atoms with E-state index in [2.05, 4.69) is 15.1 Å². The van der Waals surface area contributed by atoms with Crippen molar-refractivity contribution < 1.29 is 13.7 Å². The van der Waals surface area contributed by atoms with Crippen molar-refractivity contribution in [2.24, 2.45) is 0 Å². The zero-order valence-electron chi connectivity index (χ0n) is 14.0. The number of carbonyl (C=O) groups excluding carboxylic acids is 1. The molecule has 2 aromatic rings. The van der Waals surface area contributed by atoms with Crippen molar-refractivity contribution in [1.82, 2.24) is 20.0 Å². The van der Waals surface area contributed by atoms with Crippen molar-refractivity contribution in [1.29, 1.82) is 0 Å². The van der Waals surface area contributed by atoms with Gasteiger partial charge in [0.05, 0.1) is 5.69 Å². The number of oxazole rings is 1. The number of aryl methyl sites for hydroxylation is 2. The molecular formula is C16H22N4O3. The maximum Gasteiger partial charge on any atom is 0.291 e. The van der Waals surface area contributed by atoms with E-state index in [4.69, 9.17) is 8.94 Å². The lowest BCUT2D eigenvalue weighted by molar-refractivity contribution is 0.0670. The van der Waals surface area contributed by atoms with Crippen LogP contribution in [0.1, 0.15) is 72.4 Å². The Balaban J connectivity index is 1.63. The first-order valence-corrected chi connectivity index (χ1v) is 8.02. The van der Waals surface area contributed by atoms with E-state index in [1.54, 1.807) is 13.8 Å². The molecule has 0 bridgehead atoms. The first-order chi connectivity index (χ1) is 11.0. The van der Waals surface area contributed by atoms with Gasteiger partial charge in [-0.2, -0.15) is 4.98 Å². The summed E-state index contributed by atoms with van der Waals surface area (Å²) in [5.41, 5.74) is 0.646. The van der Waals surface area contributed by atoms with E-state index >= 15 is 0 Å². The quantitative estimate of drug-likeness (QED) is 0.865. The van der Waals surface area contributed by atoms with Gasteiger partial charge in [-0.15, -0.1) is 0 Å². The smallest absolute Gasteiger partial charge is 0.291 e. The SMILES string of the molecule is Cc1nc(C)c(C(=O)N2CCC(c3nc(C(C)C)no3)CC2)o1. The number of piperidine rings is 1. The van der Waals surface area contributed by atoms with Crippen molar-refractivity contribution in [3.63, 3.8) is 0 Å². The third-order valence-electron chi connectivity index (χ3n) is 4.20. The highest BCUT2D eigenvalue weighted by Crippen LogP contribution is 2.28. The summed E-state index contributed by atoms with van der Waals surface area (Å²) in [6.07, 6.45) is 1.63. The zero-order chi connectivity index (χ0) is 16.6. The first-order valence-electron chi connectivity index (χ1n) is 8.02. The van der Waals surface area contributed by atoms with E-state index in [0.29, 0.717) is 36.3 Å². The molecule has 3 rings (SSSR count). The average Bonchev–Trinajstić information content (AvgIpc) is 3.13. The van der Waals surface area contributed by atoms with Crippen LogP contribution in [0.3, 0.4) is 0 Å². The molecule has 7 heteroatoms. The fourth-order valence-electron chi connectivity index (χ4n) is 2.85. The van der Waals surface area contributed by atoms with Crippen molar-refractivity contribution in [2.45, 2.75) is 52.4 Å². The molecular weight excluding hydrogens is 296 g/mol. The number of hydrogen-bond donors (Lipinski definition) is 0. The minimum atomic E-state index is -0.0880. The van der Waals surface area contributed by atoms with Gasteiger partial charge in [-0.1, -0.05) is 19.0 Å². The Kier molecular flexibility index (Phi) is 4.19. The summed E-state index contributed by atoms with van der Waals surface area (Å²) in [6, 6.07) is 0. The van der Waals surface area contributed by atoms with Gasteiger partial charge in [0.25, 0.3) is 5.91 Å². The van der Waals surface area contributed by atoms with Gasteiger partial charge in [0.2, 0.25) is 11.7 Å². The number of nitrogens with zero attached hydrogens (tertiary/aromatic N) is 4. The maximum atomic E-state index is 12.5. The van der Waals surface area contributed by atoms with Gasteiger partial charge in [-0.3, -0.25) is 4.79 Å². The minimum absolute atomic E-state index is 0.0880. The van der Waals surface area contributed by atoms with Gasteiger partial charge in [0.1, 0.15) is 0 Å². The zero-order valence-corrected chi connectivity index (χ0v) is 14.0. The highest BCUT2D eigenvalue weighted by Gasteiger charge is 2.30. The van der Waals surface area contributed by atoms with E-state index in [-0.39, 0.29) is 17.7 Å². The number of likely N-dealkylation sites (tertiary alicyclic amines) is 1. The minimum Gasteiger partial charge on any atom is -0.436 e. The number of carbonyl (C=O) groups is 1. The Hall–Kier alpha value is -2.18. The van der Waals surface area contributed by atoms with Crippen LogP contribution >= 0.6 is 0 Å². The Labute approximate surface area is 135 Å². The molecule has 0 atom stereocenters. The lowest BCUT2D eigenvalue weighted by atomic mass is 9.96. The Morgan fingerprint density at radius 3 is 2.43 bits per heavy atom. The molecule has 23 heavy (non-hydrogen) atoms. The molecule has 2 aromatic heterocycles. The van der Waals surface area contributed by atoms with Gasteiger partial charge in [-0.05, 0) is 19.8 Å². The summed E-state index contributed by atoms with van der Waals surface area (Å²) < 4.78 is 10.8. The van der Waals surface area contributed by atoms with Crippen molar-refractivity contribution in [2.75, 3.05) is 13.1 Å². The highest BCUT2D eigenvalue weighted by molar-refractivity contribution is 5.92. The average molecular weight is 318 g/mol. The van der Waals surface area contributed by atoms with Gasteiger partial charge >= 0.3 is 0 Å². The molecule has 0 saturated carbocycles. The monoisotopic (exact) mass is 318 g/mol. The summed E-state index contributed by atoms with van der Waals surface area (Å²) in [6.45, 7) is 8.93. The first kappa shape index (κ1) is 15.7. The van der Waals surface area contributed by atoms with Crippen LogP contribution in [0.2, 0.25) is 0 Å². The third kappa shape index (κ3) is 3.13. The van der Waals surface area contributed by atoms with Crippen LogP contribution in [0.5, 0.6) is 0 Å². The van der Waals surface area contributed by atoms with E-state index in [0.717, 1.165) is 18.7 Å². The van der Waals surface area contributed by atoms with E-state index < -0.39 is 0 Å². The van der Waals surface area contributed by atoms with Gasteiger partial charge in [0.15, 0.2) is 11.7 Å². The molecule has 3 heterocycles. The summed E-state index contributed by atoms with van der Waals surface area (Å²) in [7, 11) is 0. The van der Waals surface area contributed by atoms with Crippen LogP contribution in [0.15, 0.2) is 8.94 Å². The van der Waals surface area contributed by atoms with Gasteiger partial charge in [0, 0.05) is 31.8 Å². The van der Waals surface area contributed by atoms with E-state index in [1.807, 2.05) is 18.7 Å². The number of amides is 1. The molecule has 1 amide bonds. The van der Waals surface area contributed by atoms with Gasteiger partial charge in [-0.25, -0.2) is 4.98 Å². The number of hydrogen-bond acceptors (Lipinski definition) is 6. The van der Waals surface area contributed by atoms with Crippen molar-refractivity contribution in [3.8, 4) is 0 Å². The topological polar surface area (TPSA) is 85.3 Å². The van der Waals surface area contributed by atoms with Gasteiger partial charge < -0.3 is 13.8 Å². The molecule has 1 aliphatic rings. The molecule has 0 N–H and O–H groups in total. The standard InChI is InChI=1S/C16H22N4O3/c1-9(2)14-18-15(23-19-14)12-5-7-20(8-6-12)16(21)13-10(3)17-11(4)22-13/h9,12H,5-8H2,1-4H3. The van der Waals surface area contributed by atoms with Crippen molar-refractivity contribution >= 4 is 5.91 Å². The molecule has 0 radical (unpaired) electrons. The molecule has 1 saturated heterocycles. The fraction of sp³-hybridized carbons (Fsp3) is 0.625. The molecule has 7 nitrogen and oxygen atoms in total. The van der Waals surface area contributed by atoms with Crippen molar-refractivity contribution in [3.05, 3.63) is 29.1 Å². The predicted octanol–water partition coefficient (Wildman–Crippen LogP) is 2.82. The third-order valence-corrected chi connectivity index (χ3v) is 4.20. The van der Waals surface area contributed by atoms with Crippen LogP contribution in [0, 0.1) is 13.8 Å². The lowest BCUT2D eigenvalue weighted by Gasteiger charge is -2.29. The second kappa shape index (κ2) is 6.14. The summed E-state index contributed by atoms with van der Waals surface area (Å²) >= 11 is 0. The Morgan fingerprint density at radius 1 is 1.22 bits per heavy atom. The Morgan fingerprint density at radius 2 is 1.91 bits per heavy atom. The maximum absolute atomic E-state index is 12.5. The molecule has 1 fully saturated rings. The second-order valence-electron chi connectivity index (χ2n) is 6.36. The largest absolute Gasteiger partial charge is 0.436 e. The number of rotatable bonds is 3. The van der Waals surface area contributed by atoms with Crippen LogP contribution in [-0.2, 0) is 0 Å². The summed E-state index contributed by atoms with van der Waals surface area (Å²) in [5.74, 6) is 2.69. The van der Waals surface area contributed by atoms with Crippen LogP contribution in [0.4, 0.5) is 0 Å². The molecule has 124 valence electrons. The summed E-state index contributed by atoms with van der Waals surface area (Å²) in [4.78, 5) is 23.0. The summed E-state index contributed by atoms with van der Waals surface area (Å²) in [5, 5.41) is 4.02. The molecule has 0 spiro atoms. The molecule has 0 aromatic carbocycles. The highest BCUT2D eigenvalue weighted by atomic mass is 16.5. The van der Waals surface area contributed by atoms with E-state index in [1.165, 1.54) is 0 Å². The van der Waals surface area contributed by atoms with E-state index in [9.17, 15) is 4.79 Å². The normalized spacial score (nSPS) is 16.3. The Bertz CT molecular complexity index is 696. The predicted molar refractivity (Wildman–Crippen MR) is 82.2 cm³/mol. The molecule has 0 unspecified atom stereocenters. The molecule has 1 aliphatic heterocycles. The number of aromatic nitrogens is 3. The molecule has 0 aliphatic carbocycles. The van der Waals surface area contributed by atoms with Crippen LogP contribution in [-0.4, -0.2) is 39.0 Å². The van der Waals surface area contributed by atoms with Crippen LogP contribution in [0.25, 0.3) is 0 Å². The second-order valence-corrected chi connectivity index (χ2v) is 6.36.